The average molecular weight is 1120 g/mol. The fourth-order valence-corrected chi connectivity index (χ4v) is 12.5. The van der Waals surface area contributed by atoms with Crippen molar-refractivity contribution in [2.75, 3.05) is 0 Å². The number of pyridine rings is 5. The molecule has 410 valence electrons. The van der Waals surface area contributed by atoms with E-state index in [1.54, 1.807) is 0 Å². The third-order valence-electron chi connectivity index (χ3n) is 16.7. The molecule has 16 rings (SSSR count). The first-order valence-corrected chi connectivity index (χ1v) is 29.3. The number of benzene rings is 9. The lowest BCUT2D eigenvalue weighted by atomic mass is 9.97. The topological polar surface area (TPSA) is 98.1 Å². The van der Waals surface area contributed by atoms with Gasteiger partial charge in [-0.15, -0.1) is 0 Å². The Morgan fingerprint density at radius 2 is 0.534 bits per heavy atom. The van der Waals surface area contributed by atoms with E-state index < -0.39 is 0 Å². The first-order chi connectivity index (χ1) is 43.6. The normalized spacial score (nSPS) is 11.4. The SMILES string of the molecule is N#Cc1ccccc1-c1c(-n2c3ccc(-c4cccc(-c5ccccc5)n4)cc3c3cc(-c4cccc(-c5ccccc5)n4)ccc32)cncc1-n1c2ccc(-c3cccc(-c4ccccc4)n3)cc2c2cc(-c3cccc(-c4ccccc4)n3)ccc21. The van der Waals surface area contributed by atoms with Gasteiger partial charge in [0.05, 0.1) is 103 Å². The summed E-state index contributed by atoms with van der Waals surface area (Å²) in [7, 11) is 0. The van der Waals surface area contributed by atoms with Crippen molar-refractivity contribution in [1.82, 2.24) is 34.1 Å². The molecule has 0 radical (unpaired) electrons. The van der Waals surface area contributed by atoms with Crippen LogP contribution in [-0.4, -0.2) is 34.1 Å². The molecule has 0 N–H and O–H groups in total. The Balaban J connectivity index is 0.944. The predicted molar refractivity (Wildman–Crippen MR) is 358 cm³/mol. The van der Waals surface area contributed by atoms with Crippen molar-refractivity contribution in [2.24, 2.45) is 0 Å². The molecule has 0 saturated carbocycles. The smallest absolute Gasteiger partial charge is 0.0998 e. The van der Waals surface area contributed by atoms with Crippen molar-refractivity contribution in [3.63, 3.8) is 0 Å². The zero-order chi connectivity index (χ0) is 58.5. The van der Waals surface area contributed by atoms with E-state index in [9.17, 15) is 5.26 Å². The van der Waals surface area contributed by atoms with Crippen LogP contribution in [0, 0.1) is 11.3 Å². The number of aromatic nitrogens is 7. The third kappa shape index (κ3) is 9.15. The summed E-state index contributed by atoms with van der Waals surface area (Å²) < 4.78 is 4.64. The summed E-state index contributed by atoms with van der Waals surface area (Å²) in [6, 6.07) is 103. The lowest BCUT2D eigenvalue weighted by Gasteiger charge is -2.20. The molecule has 8 nitrogen and oxygen atoms in total. The van der Waals surface area contributed by atoms with Crippen LogP contribution in [0.2, 0.25) is 0 Å². The van der Waals surface area contributed by atoms with Gasteiger partial charge in [-0.25, -0.2) is 19.9 Å². The summed E-state index contributed by atoms with van der Waals surface area (Å²) in [6.07, 6.45) is 3.90. The minimum Gasteiger partial charge on any atom is -0.307 e. The molecule has 16 aromatic rings. The maximum Gasteiger partial charge on any atom is 0.0998 e. The van der Waals surface area contributed by atoms with Gasteiger partial charge in [0.25, 0.3) is 0 Å². The van der Waals surface area contributed by atoms with Crippen LogP contribution in [-0.2, 0) is 0 Å². The highest BCUT2D eigenvalue weighted by molar-refractivity contribution is 6.14. The van der Waals surface area contributed by atoms with Gasteiger partial charge < -0.3 is 9.13 Å². The number of fused-ring (bicyclic) bond motifs is 6. The molecule has 7 aromatic heterocycles. The Hall–Kier alpha value is -12.2. The Morgan fingerprint density at radius 3 is 0.830 bits per heavy atom. The predicted octanol–water partition coefficient (Wildman–Crippen LogP) is 19.7. The van der Waals surface area contributed by atoms with Gasteiger partial charge in [-0.05, 0) is 103 Å². The Labute approximate surface area is 507 Å². The molecule has 0 unspecified atom stereocenters. The second-order valence-corrected chi connectivity index (χ2v) is 21.9. The molecule has 0 atom stereocenters. The standard InChI is InChI=1S/C80H50N8/c81-49-60-27-13-14-28-61(60)80-78(87-74-41-37-56(70-33-15-29-66(83-70)52-19-5-1-6-20-52)45-62(74)63-46-57(38-42-75(63)87)71-34-16-30-67(84-71)53-21-7-2-8-22-53)50-82-51-79(80)88-76-43-39-58(72-35-17-31-68(85-72)54-23-9-3-10-24-54)47-64(76)65-48-59(40-44-77(65)88)73-36-18-32-69(86-73)55-25-11-4-12-26-55/h1-48,50-51H. The van der Waals surface area contributed by atoms with Crippen LogP contribution in [0.3, 0.4) is 0 Å². The molecule has 0 amide bonds. The molecule has 0 spiro atoms. The van der Waals surface area contributed by atoms with E-state index in [0.29, 0.717) is 5.56 Å². The number of hydrogen-bond donors (Lipinski definition) is 0. The molecule has 0 bridgehead atoms. The lowest BCUT2D eigenvalue weighted by Crippen LogP contribution is -2.05. The van der Waals surface area contributed by atoms with E-state index in [0.717, 1.165) is 156 Å². The van der Waals surface area contributed by atoms with Crippen molar-refractivity contribution in [3.8, 4) is 119 Å². The highest BCUT2D eigenvalue weighted by Crippen LogP contribution is 2.45. The second-order valence-electron chi connectivity index (χ2n) is 21.9. The molecule has 88 heavy (non-hydrogen) atoms. The van der Waals surface area contributed by atoms with Crippen molar-refractivity contribution in [2.45, 2.75) is 0 Å². The number of nitriles is 1. The molecule has 9 aromatic carbocycles. The largest absolute Gasteiger partial charge is 0.307 e. The van der Waals surface area contributed by atoms with E-state index >= 15 is 0 Å². The molecular weight excluding hydrogens is 1070 g/mol. The van der Waals surface area contributed by atoms with E-state index in [2.05, 4.69) is 215 Å². The molecule has 0 aliphatic rings. The number of rotatable bonds is 11. The van der Waals surface area contributed by atoms with Gasteiger partial charge in [-0.2, -0.15) is 5.26 Å². The first kappa shape index (κ1) is 51.5. The average Bonchev–Trinajstić information content (AvgIpc) is 2.38. The Morgan fingerprint density at radius 1 is 0.261 bits per heavy atom. The highest BCUT2D eigenvalue weighted by atomic mass is 15.0. The Bertz CT molecular complexity index is 4810. The van der Waals surface area contributed by atoms with Gasteiger partial charge in [0, 0.05) is 77.2 Å². The first-order valence-electron chi connectivity index (χ1n) is 29.3. The van der Waals surface area contributed by atoms with Crippen molar-refractivity contribution >= 4 is 43.6 Å². The van der Waals surface area contributed by atoms with E-state index in [1.165, 1.54) is 0 Å². The van der Waals surface area contributed by atoms with Gasteiger partial charge in [0.1, 0.15) is 0 Å². The van der Waals surface area contributed by atoms with Crippen LogP contribution < -0.4 is 0 Å². The van der Waals surface area contributed by atoms with E-state index in [-0.39, 0.29) is 0 Å². The van der Waals surface area contributed by atoms with Gasteiger partial charge in [-0.1, -0.05) is 188 Å². The molecule has 0 saturated heterocycles. The van der Waals surface area contributed by atoms with Crippen molar-refractivity contribution in [3.05, 3.63) is 309 Å². The maximum atomic E-state index is 11.1. The van der Waals surface area contributed by atoms with Crippen molar-refractivity contribution < 1.29 is 0 Å². The summed E-state index contributed by atoms with van der Waals surface area (Å²) in [5.74, 6) is 0. The summed E-state index contributed by atoms with van der Waals surface area (Å²) in [5.41, 5.74) is 22.8. The summed E-state index contributed by atoms with van der Waals surface area (Å²) >= 11 is 0. The lowest BCUT2D eigenvalue weighted by molar-refractivity contribution is 1.09. The van der Waals surface area contributed by atoms with Crippen LogP contribution in [0.4, 0.5) is 0 Å². The van der Waals surface area contributed by atoms with Gasteiger partial charge in [-0.3, -0.25) is 4.98 Å². The van der Waals surface area contributed by atoms with Crippen LogP contribution >= 0.6 is 0 Å². The fourth-order valence-electron chi connectivity index (χ4n) is 12.5. The Kier molecular flexibility index (Phi) is 12.7. The fraction of sp³-hybridized carbons (Fsp3) is 0. The maximum absolute atomic E-state index is 11.1. The van der Waals surface area contributed by atoms with E-state index in [1.807, 2.05) is 103 Å². The second kappa shape index (κ2) is 21.8. The highest BCUT2D eigenvalue weighted by Gasteiger charge is 2.26. The van der Waals surface area contributed by atoms with E-state index in [4.69, 9.17) is 24.9 Å². The minimum absolute atomic E-state index is 0.536. The summed E-state index contributed by atoms with van der Waals surface area (Å²) in [4.78, 5) is 26.2. The monoisotopic (exact) mass is 1120 g/mol. The summed E-state index contributed by atoms with van der Waals surface area (Å²) in [5, 5.41) is 15.2. The molecule has 7 heterocycles. The van der Waals surface area contributed by atoms with Crippen molar-refractivity contribution in [1.29, 1.82) is 5.26 Å². The molecule has 0 fully saturated rings. The minimum atomic E-state index is 0.536. The molecular formula is C80H50N8. The molecule has 8 heteroatoms. The quantitative estimate of drug-likeness (QED) is 0.128. The summed E-state index contributed by atoms with van der Waals surface area (Å²) in [6.45, 7) is 0. The zero-order valence-corrected chi connectivity index (χ0v) is 47.4. The zero-order valence-electron chi connectivity index (χ0n) is 47.4. The molecule has 0 aliphatic carbocycles. The number of nitrogens with zero attached hydrogens (tertiary/aromatic N) is 8. The van der Waals surface area contributed by atoms with Gasteiger partial charge >= 0.3 is 0 Å². The van der Waals surface area contributed by atoms with Crippen LogP contribution in [0.25, 0.3) is 156 Å². The van der Waals surface area contributed by atoms with Gasteiger partial charge in [0.15, 0.2) is 0 Å². The van der Waals surface area contributed by atoms with Crippen LogP contribution in [0.1, 0.15) is 5.56 Å². The number of hydrogen-bond acceptors (Lipinski definition) is 6. The van der Waals surface area contributed by atoms with Gasteiger partial charge in [0.2, 0.25) is 0 Å². The van der Waals surface area contributed by atoms with Crippen LogP contribution in [0.15, 0.2) is 304 Å². The van der Waals surface area contributed by atoms with Crippen LogP contribution in [0.5, 0.6) is 0 Å². The molecule has 0 aliphatic heterocycles. The third-order valence-corrected chi connectivity index (χ3v) is 16.7.